The lowest BCUT2D eigenvalue weighted by Gasteiger charge is -2.33. The first-order chi connectivity index (χ1) is 14.4. The van der Waals surface area contributed by atoms with E-state index in [2.05, 4.69) is 4.98 Å². The zero-order valence-electron chi connectivity index (χ0n) is 16.8. The van der Waals surface area contributed by atoms with Gasteiger partial charge in [-0.2, -0.15) is 0 Å². The lowest BCUT2D eigenvalue weighted by atomic mass is 10.0. The van der Waals surface area contributed by atoms with Gasteiger partial charge in [0.2, 0.25) is 0 Å². The highest BCUT2D eigenvalue weighted by atomic mass is 16.5. The highest BCUT2D eigenvalue weighted by molar-refractivity contribution is 6.10. The van der Waals surface area contributed by atoms with Gasteiger partial charge in [-0.3, -0.25) is 19.3 Å². The molecule has 156 valence electrons. The molecule has 2 amide bonds. The van der Waals surface area contributed by atoms with Crippen LogP contribution in [0.5, 0.6) is 11.5 Å². The van der Waals surface area contributed by atoms with Gasteiger partial charge >= 0.3 is 0 Å². The third kappa shape index (κ3) is 3.32. The van der Waals surface area contributed by atoms with Gasteiger partial charge in [0.1, 0.15) is 11.6 Å². The fourth-order valence-corrected chi connectivity index (χ4v) is 3.64. The van der Waals surface area contributed by atoms with Crippen LogP contribution in [0, 0.1) is 0 Å². The van der Waals surface area contributed by atoms with Crippen molar-refractivity contribution in [1.82, 2.24) is 4.98 Å². The predicted molar refractivity (Wildman–Crippen MR) is 110 cm³/mol. The normalized spacial score (nSPS) is 16.3. The van der Waals surface area contributed by atoms with E-state index in [9.17, 15) is 14.4 Å². The molecule has 1 aromatic carbocycles. The average Bonchev–Trinajstić information content (AvgIpc) is 2.74. The summed E-state index contributed by atoms with van der Waals surface area (Å²) in [5.41, 5.74) is 6.69. The number of fused-ring (bicyclic) bond motifs is 2. The van der Waals surface area contributed by atoms with Crippen molar-refractivity contribution in [2.24, 2.45) is 0 Å². The van der Waals surface area contributed by atoms with Gasteiger partial charge in [-0.1, -0.05) is 6.92 Å². The van der Waals surface area contributed by atoms with E-state index in [1.54, 1.807) is 42.2 Å². The van der Waals surface area contributed by atoms with Crippen LogP contribution in [0.25, 0.3) is 0 Å². The Balaban J connectivity index is 1.68. The van der Waals surface area contributed by atoms with Gasteiger partial charge in [0.15, 0.2) is 30.6 Å². The highest BCUT2D eigenvalue weighted by Gasteiger charge is 2.35. The maximum Gasteiger partial charge on any atom is 0.266 e. The molecule has 0 saturated carbocycles. The van der Waals surface area contributed by atoms with Crippen molar-refractivity contribution in [3.05, 3.63) is 35.9 Å². The summed E-state index contributed by atoms with van der Waals surface area (Å²) < 4.78 is 10.9. The van der Waals surface area contributed by atoms with Crippen LogP contribution in [0.3, 0.4) is 0 Å². The summed E-state index contributed by atoms with van der Waals surface area (Å²) in [5.74, 6) is 0.547. The monoisotopic (exact) mass is 410 g/mol. The van der Waals surface area contributed by atoms with Crippen LogP contribution >= 0.6 is 0 Å². The van der Waals surface area contributed by atoms with Gasteiger partial charge in [-0.25, -0.2) is 4.98 Å². The summed E-state index contributed by atoms with van der Waals surface area (Å²) in [6.45, 7) is 3.92. The van der Waals surface area contributed by atoms with E-state index in [1.807, 2.05) is 6.92 Å². The standard InChI is InChI=1S/C21H22N4O5/c1-3-8-24-14-9-13(4-5-15(14)29-10-18(24)26)20(28)12(2)25-19(27)11-30-16-6-7-17(22)23-21(16)25/h4-7,9,12H,3,8,10-11H2,1-2H3,(H2,22,23). The highest BCUT2D eigenvalue weighted by Crippen LogP contribution is 2.35. The Morgan fingerprint density at radius 2 is 1.83 bits per heavy atom. The number of hydrogen-bond donors (Lipinski definition) is 1. The van der Waals surface area contributed by atoms with Crippen molar-refractivity contribution in [1.29, 1.82) is 0 Å². The molecule has 3 heterocycles. The van der Waals surface area contributed by atoms with Crippen molar-refractivity contribution >= 4 is 34.9 Å². The maximum absolute atomic E-state index is 13.3. The number of ketones is 1. The lowest BCUT2D eigenvalue weighted by Crippen LogP contribution is -2.48. The topological polar surface area (TPSA) is 115 Å². The van der Waals surface area contributed by atoms with E-state index < -0.39 is 6.04 Å². The Labute approximate surface area is 173 Å². The molecule has 4 rings (SSSR count). The Morgan fingerprint density at radius 3 is 2.60 bits per heavy atom. The van der Waals surface area contributed by atoms with E-state index >= 15 is 0 Å². The van der Waals surface area contributed by atoms with Crippen molar-refractivity contribution in [2.75, 3.05) is 35.3 Å². The van der Waals surface area contributed by atoms with Gasteiger partial charge in [0.25, 0.3) is 11.8 Å². The molecule has 0 radical (unpaired) electrons. The van der Waals surface area contributed by atoms with Crippen molar-refractivity contribution < 1.29 is 23.9 Å². The molecule has 2 N–H and O–H groups in total. The number of amides is 2. The van der Waals surface area contributed by atoms with Gasteiger partial charge in [-0.05, 0) is 43.7 Å². The van der Waals surface area contributed by atoms with Crippen LogP contribution < -0.4 is 25.0 Å². The number of nitrogen functional groups attached to an aromatic ring is 1. The first kappa shape index (κ1) is 19.7. The molecule has 1 aromatic heterocycles. The molecule has 9 heteroatoms. The molecule has 1 atom stereocenters. The Kier molecular flexibility index (Phi) is 5.03. The van der Waals surface area contributed by atoms with Gasteiger partial charge in [0, 0.05) is 12.1 Å². The van der Waals surface area contributed by atoms with Crippen LogP contribution in [-0.2, 0) is 9.59 Å². The number of Topliss-reactive ketones (excluding diaryl/α,β-unsaturated/α-hetero) is 1. The molecule has 9 nitrogen and oxygen atoms in total. The fourth-order valence-electron chi connectivity index (χ4n) is 3.64. The second-order valence-electron chi connectivity index (χ2n) is 7.17. The van der Waals surface area contributed by atoms with Crippen molar-refractivity contribution in [3.63, 3.8) is 0 Å². The number of carbonyl (C=O) groups excluding carboxylic acids is 3. The number of anilines is 3. The minimum absolute atomic E-state index is 0.0249. The van der Waals surface area contributed by atoms with Crippen LogP contribution in [0.2, 0.25) is 0 Å². The Bertz CT molecular complexity index is 1040. The van der Waals surface area contributed by atoms with Crippen LogP contribution in [0.4, 0.5) is 17.3 Å². The number of carbonyl (C=O) groups is 3. The van der Waals surface area contributed by atoms with E-state index in [0.29, 0.717) is 29.3 Å². The fraction of sp³-hybridized carbons (Fsp3) is 0.333. The van der Waals surface area contributed by atoms with Gasteiger partial charge in [0.05, 0.1) is 11.7 Å². The molecule has 30 heavy (non-hydrogen) atoms. The van der Waals surface area contributed by atoms with Crippen LogP contribution in [0.1, 0.15) is 30.6 Å². The summed E-state index contributed by atoms with van der Waals surface area (Å²) in [6, 6.07) is 7.30. The summed E-state index contributed by atoms with van der Waals surface area (Å²) in [5, 5.41) is 0. The smallest absolute Gasteiger partial charge is 0.266 e. The number of benzene rings is 1. The molecule has 0 saturated heterocycles. The van der Waals surface area contributed by atoms with Crippen LogP contribution in [-0.4, -0.2) is 48.4 Å². The third-order valence-corrected chi connectivity index (χ3v) is 5.11. The van der Waals surface area contributed by atoms with E-state index in [4.69, 9.17) is 15.2 Å². The summed E-state index contributed by atoms with van der Waals surface area (Å²) in [4.78, 5) is 45.2. The number of nitrogens with zero attached hydrogens (tertiary/aromatic N) is 3. The molecule has 1 unspecified atom stereocenters. The van der Waals surface area contributed by atoms with Crippen LogP contribution in [0.15, 0.2) is 30.3 Å². The summed E-state index contributed by atoms with van der Waals surface area (Å²) in [6.07, 6.45) is 0.770. The molecule has 0 aliphatic carbocycles. The summed E-state index contributed by atoms with van der Waals surface area (Å²) in [7, 11) is 0. The Hall–Kier alpha value is -3.62. The van der Waals surface area contributed by atoms with E-state index in [1.165, 1.54) is 4.90 Å². The molecule has 2 aliphatic heterocycles. The van der Waals surface area contributed by atoms with E-state index in [-0.39, 0.29) is 42.4 Å². The molecule has 0 spiro atoms. The van der Waals surface area contributed by atoms with Crippen molar-refractivity contribution in [3.8, 4) is 11.5 Å². The van der Waals surface area contributed by atoms with Crippen molar-refractivity contribution in [2.45, 2.75) is 26.3 Å². The Morgan fingerprint density at radius 1 is 1.13 bits per heavy atom. The zero-order valence-corrected chi connectivity index (χ0v) is 16.8. The lowest BCUT2D eigenvalue weighted by molar-refractivity contribution is -0.122. The summed E-state index contributed by atoms with van der Waals surface area (Å²) >= 11 is 0. The molecule has 2 aliphatic rings. The third-order valence-electron chi connectivity index (χ3n) is 5.11. The largest absolute Gasteiger partial charge is 0.482 e. The molecule has 2 aromatic rings. The minimum Gasteiger partial charge on any atom is -0.482 e. The van der Waals surface area contributed by atoms with Gasteiger partial charge < -0.3 is 20.1 Å². The predicted octanol–water partition coefficient (Wildman–Crippen LogP) is 1.80. The minimum atomic E-state index is -0.840. The number of ether oxygens (including phenoxy) is 2. The second-order valence-corrected chi connectivity index (χ2v) is 7.17. The second kappa shape index (κ2) is 7.66. The molecule has 0 fully saturated rings. The van der Waals surface area contributed by atoms with E-state index in [0.717, 1.165) is 6.42 Å². The molecular formula is C21H22N4O5. The maximum atomic E-state index is 13.3. The number of pyridine rings is 1. The van der Waals surface area contributed by atoms with Gasteiger partial charge in [-0.15, -0.1) is 0 Å². The molecule has 0 bridgehead atoms. The number of rotatable bonds is 5. The first-order valence-electron chi connectivity index (χ1n) is 9.73. The molecular weight excluding hydrogens is 388 g/mol. The average molecular weight is 410 g/mol. The number of nitrogens with two attached hydrogens (primary N) is 1. The SMILES string of the molecule is CCCN1C(=O)COc2ccc(C(=O)C(C)N3C(=O)COc4ccc(N)nc43)cc21. The number of hydrogen-bond acceptors (Lipinski definition) is 7. The zero-order chi connectivity index (χ0) is 21.4. The quantitative estimate of drug-likeness (QED) is 0.747. The number of aromatic nitrogens is 1. The first-order valence-corrected chi connectivity index (χ1v) is 9.73.